The monoisotopic (exact) mass is 587 g/mol. The molecule has 14 heteroatoms. The van der Waals surface area contributed by atoms with Gasteiger partial charge in [-0.1, -0.05) is 23.7 Å². The van der Waals surface area contributed by atoms with E-state index in [0.29, 0.717) is 6.42 Å². The molecule has 39 heavy (non-hydrogen) atoms. The van der Waals surface area contributed by atoms with E-state index in [1.165, 1.54) is 24.4 Å². The zero-order valence-electron chi connectivity index (χ0n) is 20.9. The molecule has 210 valence electrons. The molecule has 3 N–H and O–H groups in total. The summed E-state index contributed by atoms with van der Waals surface area (Å²) in [6.07, 6.45) is -1.56. The summed E-state index contributed by atoms with van der Waals surface area (Å²) in [5.74, 6) is -1.10. The Balaban J connectivity index is 1.56. The van der Waals surface area contributed by atoms with Gasteiger partial charge in [0.05, 0.1) is 21.9 Å². The number of likely N-dealkylation sites (N-methyl/N-ethyl adjacent to an activating group) is 1. The predicted octanol–water partition coefficient (Wildman–Crippen LogP) is 4.87. The number of benzene rings is 2. The lowest BCUT2D eigenvalue weighted by atomic mass is 9.74. The summed E-state index contributed by atoms with van der Waals surface area (Å²) in [7, 11) is -0.834. The van der Waals surface area contributed by atoms with Crippen molar-refractivity contribution in [1.29, 1.82) is 0 Å². The molecule has 1 aromatic heterocycles. The van der Waals surface area contributed by atoms with Crippen LogP contribution in [0.3, 0.4) is 0 Å². The van der Waals surface area contributed by atoms with Crippen molar-refractivity contribution in [3.05, 3.63) is 77.0 Å². The van der Waals surface area contributed by atoms with Crippen LogP contribution in [-0.4, -0.2) is 54.6 Å². The third-order valence-electron chi connectivity index (χ3n) is 6.74. The smallest absolute Gasteiger partial charge is 0.385 e. The Bertz CT molecular complexity index is 1440. The average molecular weight is 588 g/mol. The normalized spacial score (nSPS) is 22.1. The summed E-state index contributed by atoms with van der Waals surface area (Å²) >= 11 is 6.35. The molecule has 3 aromatic rings. The van der Waals surface area contributed by atoms with Crippen LogP contribution >= 0.6 is 11.6 Å². The minimum absolute atomic E-state index is 0.0491. The molecule has 0 spiro atoms. The van der Waals surface area contributed by atoms with Crippen LogP contribution in [0.25, 0.3) is 0 Å². The minimum Gasteiger partial charge on any atom is -0.385 e. The van der Waals surface area contributed by atoms with Crippen LogP contribution in [0.15, 0.2) is 59.9 Å². The van der Waals surface area contributed by atoms with E-state index in [1.807, 2.05) is 4.90 Å². The molecule has 3 atom stereocenters. The third-order valence-corrected chi connectivity index (χ3v) is 8.43. The van der Waals surface area contributed by atoms with Gasteiger partial charge in [-0.15, -0.1) is 0 Å². The molecule has 1 aliphatic carbocycles. The number of anilines is 2. The molecule has 0 amide bonds. The van der Waals surface area contributed by atoms with Crippen LogP contribution in [-0.2, 0) is 21.8 Å². The second-order valence-electron chi connectivity index (χ2n) is 9.60. The highest BCUT2D eigenvalue weighted by molar-refractivity contribution is 7.92. The zero-order chi connectivity index (χ0) is 28.6. The van der Waals surface area contributed by atoms with E-state index in [9.17, 15) is 26.7 Å². The summed E-state index contributed by atoms with van der Waals surface area (Å²) in [5, 5.41) is 14.5. The average Bonchev–Trinajstić information content (AvgIpc) is 2.87. The lowest BCUT2D eigenvalue weighted by Crippen LogP contribution is -2.52. The molecule has 0 saturated heterocycles. The largest absolute Gasteiger partial charge is 0.416 e. The number of hydrogen-bond donors (Lipinski definition) is 3. The summed E-state index contributed by atoms with van der Waals surface area (Å²) < 4.78 is 82.4. The first-order valence-corrected chi connectivity index (χ1v) is 13.7. The highest BCUT2D eigenvalue weighted by Gasteiger charge is 2.43. The van der Waals surface area contributed by atoms with Crippen molar-refractivity contribution in [2.45, 2.75) is 48.0 Å². The van der Waals surface area contributed by atoms with E-state index in [0.717, 1.165) is 30.6 Å². The van der Waals surface area contributed by atoms with E-state index in [4.69, 9.17) is 11.6 Å². The zero-order valence-corrected chi connectivity index (χ0v) is 22.4. The third kappa shape index (κ3) is 6.43. The fraction of sp³-hybridized carbons (Fsp3) is 0.360. The van der Waals surface area contributed by atoms with E-state index in [1.54, 1.807) is 14.1 Å². The Labute approximate surface area is 228 Å². The van der Waals surface area contributed by atoms with Crippen molar-refractivity contribution < 1.29 is 31.1 Å². The molecule has 2 aromatic carbocycles. The van der Waals surface area contributed by atoms with Crippen molar-refractivity contribution in [3.8, 4) is 0 Å². The summed E-state index contributed by atoms with van der Waals surface area (Å²) in [4.78, 5) is 8.59. The maximum absolute atomic E-state index is 15.0. The van der Waals surface area contributed by atoms with Crippen LogP contribution < -0.4 is 10.0 Å². The number of aliphatic hydroxyl groups is 1. The lowest BCUT2D eigenvalue weighted by molar-refractivity contribution is -0.137. The number of hydrogen-bond acceptors (Lipinski definition) is 7. The topological polar surface area (TPSA) is 107 Å². The van der Waals surface area contributed by atoms with Gasteiger partial charge in [0, 0.05) is 18.3 Å². The van der Waals surface area contributed by atoms with Gasteiger partial charge in [0.2, 0.25) is 0 Å². The summed E-state index contributed by atoms with van der Waals surface area (Å²) in [5.41, 5.74) is -2.07. The Kier molecular flexibility index (Phi) is 8.08. The van der Waals surface area contributed by atoms with Gasteiger partial charge in [-0.25, -0.2) is 22.8 Å². The number of rotatable bonds is 7. The van der Waals surface area contributed by atoms with Gasteiger partial charge in [-0.3, -0.25) is 4.72 Å². The van der Waals surface area contributed by atoms with Crippen molar-refractivity contribution in [3.63, 3.8) is 0 Å². The van der Waals surface area contributed by atoms with E-state index < -0.39 is 38.1 Å². The van der Waals surface area contributed by atoms with E-state index >= 15 is 4.39 Å². The van der Waals surface area contributed by atoms with Crippen molar-refractivity contribution in [1.82, 2.24) is 14.9 Å². The lowest BCUT2D eigenvalue weighted by Gasteiger charge is -2.45. The maximum atomic E-state index is 15.0. The Morgan fingerprint density at radius 3 is 2.56 bits per heavy atom. The number of alkyl halides is 3. The molecule has 1 saturated carbocycles. The first-order chi connectivity index (χ1) is 18.2. The highest BCUT2D eigenvalue weighted by Crippen LogP contribution is 2.42. The second kappa shape index (κ2) is 10.9. The molecule has 0 bridgehead atoms. The van der Waals surface area contributed by atoms with E-state index in [2.05, 4.69) is 20.0 Å². The summed E-state index contributed by atoms with van der Waals surface area (Å²) in [6.45, 7) is 0. The summed E-state index contributed by atoms with van der Waals surface area (Å²) in [6, 6.07) is 7.13. The molecule has 0 unspecified atom stereocenters. The maximum Gasteiger partial charge on any atom is 0.416 e. The van der Waals surface area contributed by atoms with Gasteiger partial charge in [0.25, 0.3) is 10.0 Å². The molecular formula is C25H26ClF4N5O3S. The SMILES string of the molecule is CN(C)[C@@H]1C[C@](O)(c2cccc(C(F)(F)F)c2)CC[C@H]1Nc1cc(F)c(S(=O)(=O)Nc2ccncn2)cc1Cl. The van der Waals surface area contributed by atoms with Gasteiger partial charge >= 0.3 is 6.18 Å². The first-order valence-electron chi connectivity index (χ1n) is 11.8. The molecule has 8 nitrogen and oxygen atoms in total. The number of sulfonamides is 1. The molecule has 1 heterocycles. The van der Waals surface area contributed by atoms with Crippen molar-refractivity contribution >= 4 is 33.1 Å². The predicted molar refractivity (Wildman–Crippen MR) is 138 cm³/mol. The molecular weight excluding hydrogens is 562 g/mol. The first kappa shape index (κ1) is 29.0. The Morgan fingerprint density at radius 1 is 1.18 bits per heavy atom. The van der Waals surface area contributed by atoms with Crippen molar-refractivity contribution in [2.75, 3.05) is 24.1 Å². The number of halogens is 5. The van der Waals surface area contributed by atoms with Gasteiger partial charge < -0.3 is 15.3 Å². The molecule has 1 aliphatic rings. The van der Waals surface area contributed by atoms with Gasteiger partial charge in [0.15, 0.2) is 0 Å². The van der Waals surface area contributed by atoms with Crippen LogP contribution in [0.2, 0.25) is 5.02 Å². The fourth-order valence-corrected chi connectivity index (χ4v) is 6.10. The molecule has 0 radical (unpaired) electrons. The van der Waals surface area contributed by atoms with Gasteiger partial charge in [-0.2, -0.15) is 13.2 Å². The minimum atomic E-state index is -4.54. The molecule has 4 rings (SSSR count). The number of nitrogens with zero attached hydrogens (tertiary/aromatic N) is 3. The van der Waals surface area contributed by atoms with Gasteiger partial charge in [-0.05, 0) is 69.3 Å². The second-order valence-corrected chi connectivity index (χ2v) is 11.7. The standard InChI is InChI=1S/C25H26ClF4N5O3S/c1-35(2)21-13-24(36,15-4-3-5-16(10-15)25(28,29)30)8-6-19(21)33-20-12-18(27)22(11-17(20)26)39(37,38)34-23-7-9-31-14-32-23/h3-5,7,9-12,14,19,21,33,36H,6,8,13H2,1-2H3,(H,31,32,34)/t19-,21-,24+/m1/s1. The Hall–Kier alpha value is -3.00. The molecule has 1 fully saturated rings. The van der Waals surface area contributed by atoms with Crippen LogP contribution in [0.1, 0.15) is 30.4 Å². The van der Waals surface area contributed by atoms with Gasteiger partial charge in [0.1, 0.15) is 22.9 Å². The van der Waals surface area contributed by atoms with Crippen molar-refractivity contribution in [2.24, 2.45) is 0 Å². The number of aromatic nitrogens is 2. The quantitative estimate of drug-likeness (QED) is 0.339. The Morgan fingerprint density at radius 2 is 1.92 bits per heavy atom. The van der Waals surface area contributed by atoms with Crippen LogP contribution in [0.4, 0.5) is 29.1 Å². The number of nitrogens with one attached hydrogen (secondary N) is 2. The van der Waals surface area contributed by atoms with E-state index in [-0.39, 0.29) is 47.0 Å². The highest BCUT2D eigenvalue weighted by atomic mass is 35.5. The van der Waals surface area contributed by atoms with Crippen LogP contribution in [0.5, 0.6) is 0 Å². The molecule has 0 aliphatic heterocycles. The fourth-order valence-electron chi connectivity index (χ4n) is 4.72. The van der Waals surface area contributed by atoms with Crippen LogP contribution in [0, 0.1) is 5.82 Å².